The number of aryl methyl sites for hydroxylation is 1. The first kappa shape index (κ1) is 25.8. The Labute approximate surface area is 216 Å². The third-order valence-electron chi connectivity index (χ3n) is 6.29. The van der Waals surface area contributed by atoms with E-state index in [2.05, 4.69) is 16.5 Å². The second-order valence-electron chi connectivity index (χ2n) is 8.96. The van der Waals surface area contributed by atoms with E-state index in [9.17, 15) is 14.4 Å². The molecule has 8 nitrogen and oxygen atoms in total. The van der Waals surface area contributed by atoms with Crippen molar-refractivity contribution in [2.75, 3.05) is 26.2 Å². The van der Waals surface area contributed by atoms with Crippen LogP contribution < -0.4 is 0 Å². The Balaban J connectivity index is 1.59. The molecular formula is C29H30N4O4. The SMILES string of the molecule is C=CCOC(=O)c1c(C)nc(-c2ccccc2)nc1C(=O)N1CCN(C(=O)Cc2ccccc2)C(C)C1. The fourth-order valence-corrected chi connectivity index (χ4v) is 4.43. The standard InChI is InChI=1S/C29H30N4O4/c1-4-17-37-29(36)25-21(3)30-27(23-13-9-6-10-14-23)31-26(25)28(35)32-15-16-33(20(2)19-32)24(34)18-22-11-7-5-8-12-22/h4-14,20H,1,15-19H2,2-3H3. The van der Waals surface area contributed by atoms with Crippen LogP contribution in [-0.4, -0.2) is 69.8 Å². The lowest BCUT2D eigenvalue weighted by Crippen LogP contribution is -2.56. The number of nitrogens with zero attached hydrogens (tertiary/aromatic N) is 4. The van der Waals surface area contributed by atoms with E-state index < -0.39 is 11.9 Å². The maximum atomic E-state index is 13.8. The Morgan fingerprint density at radius 3 is 2.35 bits per heavy atom. The van der Waals surface area contributed by atoms with Crippen molar-refractivity contribution in [3.8, 4) is 11.4 Å². The molecule has 0 aliphatic carbocycles. The molecule has 8 heteroatoms. The Bertz CT molecular complexity index is 1290. The molecular weight excluding hydrogens is 468 g/mol. The summed E-state index contributed by atoms with van der Waals surface area (Å²) in [7, 11) is 0. The monoisotopic (exact) mass is 498 g/mol. The molecule has 1 unspecified atom stereocenters. The van der Waals surface area contributed by atoms with E-state index in [0.717, 1.165) is 11.1 Å². The fraction of sp³-hybridized carbons (Fsp3) is 0.276. The van der Waals surface area contributed by atoms with Gasteiger partial charge in [-0.25, -0.2) is 14.8 Å². The van der Waals surface area contributed by atoms with Crippen molar-refractivity contribution in [1.82, 2.24) is 19.8 Å². The Kier molecular flexibility index (Phi) is 8.08. The van der Waals surface area contributed by atoms with E-state index >= 15 is 0 Å². The summed E-state index contributed by atoms with van der Waals surface area (Å²) in [5.41, 5.74) is 2.08. The summed E-state index contributed by atoms with van der Waals surface area (Å²) in [6.07, 6.45) is 1.77. The highest BCUT2D eigenvalue weighted by Crippen LogP contribution is 2.23. The van der Waals surface area contributed by atoms with Gasteiger partial charge in [0, 0.05) is 31.2 Å². The number of aromatic nitrogens is 2. The average molecular weight is 499 g/mol. The van der Waals surface area contributed by atoms with Gasteiger partial charge in [0.25, 0.3) is 5.91 Å². The Hall–Kier alpha value is -4.33. The van der Waals surface area contributed by atoms with Gasteiger partial charge < -0.3 is 14.5 Å². The van der Waals surface area contributed by atoms with Crippen LogP contribution in [0.2, 0.25) is 0 Å². The molecule has 1 atom stereocenters. The summed E-state index contributed by atoms with van der Waals surface area (Å²) in [6.45, 7) is 8.21. The van der Waals surface area contributed by atoms with Crippen LogP contribution in [0.5, 0.6) is 0 Å². The number of rotatable bonds is 7. The molecule has 1 fully saturated rings. The number of amides is 2. The molecule has 0 N–H and O–H groups in total. The van der Waals surface area contributed by atoms with E-state index in [1.807, 2.05) is 67.6 Å². The first-order valence-corrected chi connectivity index (χ1v) is 12.2. The van der Waals surface area contributed by atoms with Crippen molar-refractivity contribution in [1.29, 1.82) is 0 Å². The van der Waals surface area contributed by atoms with Crippen molar-refractivity contribution in [2.24, 2.45) is 0 Å². The van der Waals surface area contributed by atoms with Crippen molar-refractivity contribution >= 4 is 17.8 Å². The molecule has 0 spiro atoms. The van der Waals surface area contributed by atoms with Gasteiger partial charge in [-0.1, -0.05) is 73.3 Å². The van der Waals surface area contributed by atoms with Gasteiger partial charge >= 0.3 is 5.97 Å². The highest BCUT2D eigenvalue weighted by Gasteiger charge is 2.34. The summed E-state index contributed by atoms with van der Waals surface area (Å²) in [4.78, 5) is 52.0. The van der Waals surface area contributed by atoms with E-state index in [0.29, 0.717) is 37.6 Å². The van der Waals surface area contributed by atoms with Crippen molar-refractivity contribution in [3.05, 3.63) is 95.8 Å². The summed E-state index contributed by atoms with van der Waals surface area (Å²) >= 11 is 0. The lowest BCUT2D eigenvalue weighted by molar-refractivity contribution is -0.134. The zero-order valence-corrected chi connectivity index (χ0v) is 21.1. The van der Waals surface area contributed by atoms with Crippen molar-refractivity contribution in [3.63, 3.8) is 0 Å². The van der Waals surface area contributed by atoms with Crippen LogP contribution >= 0.6 is 0 Å². The van der Waals surface area contributed by atoms with Gasteiger partial charge in [0.1, 0.15) is 17.9 Å². The lowest BCUT2D eigenvalue weighted by Gasteiger charge is -2.40. The molecule has 0 radical (unpaired) electrons. The number of hydrogen-bond acceptors (Lipinski definition) is 6. The molecule has 37 heavy (non-hydrogen) atoms. The van der Waals surface area contributed by atoms with Crippen LogP contribution in [0, 0.1) is 6.92 Å². The molecule has 0 bridgehead atoms. The Morgan fingerprint density at radius 2 is 1.70 bits per heavy atom. The summed E-state index contributed by atoms with van der Waals surface area (Å²) in [6, 6.07) is 18.7. The second-order valence-corrected chi connectivity index (χ2v) is 8.96. The van der Waals surface area contributed by atoms with E-state index in [1.165, 1.54) is 6.08 Å². The van der Waals surface area contributed by atoms with E-state index in [-0.39, 0.29) is 29.8 Å². The normalized spacial score (nSPS) is 15.2. The number of carbonyl (C=O) groups excluding carboxylic acids is 3. The number of piperazine rings is 1. The number of esters is 1. The van der Waals surface area contributed by atoms with Gasteiger partial charge in [0.05, 0.1) is 12.1 Å². The molecule has 2 amide bonds. The second kappa shape index (κ2) is 11.6. The smallest absolute Gasteiger partial charge is 0.342 e. The Morgan fingerprint density at radius 1 is 1.03 bits per heavy atom. The summed E-state index contributed by atoms with van der Waals surface area (Å²) in [5, 5.41) is 0. The van der Waals surface area contributed by atoms with Gasteiger partial charge in [-0.15, -0.1) is 0 Å². The molecule has 1 aromatic heterocycles. The number of ether oxygens (including phenoxy) is 1. The summed E-state index contributed by atoms with van der Waals surface area (Å²) in [5.74, 6) is -0.699. The van der Waals surface area contributed by atoms with E-state index in [1.54, 1.807) is 16.7 Å². The maximum Gasteiger partial charge on any atom is 0.342 e. The molecule has 2 heterocycles. The highest BCUT2D eigenvalue weighted by atomic mass is 16.5. The molecule has 2 aromatic carbocycles. The van der Waals surface area contributed by atoms with E-state index in [4.69, 9.17) is 4.74 Å². The van der Waals surface area contributed by atoms with Crippen LogP contribution in [0.25, 0.3) is 11.4 Å². The zero-order valence-electron chi connectivity index (χ0n) is 21.1. The average Bonchev–Trinajstić information content (AvgIpc) is 2.91. The predicted octanol–water partition coefficient (Wildman–Crippen LogP) is 3.71. The fourth-order valence-electron chi connectivity index (χ4n) is 4.43. The van der Waals surface area contributed by atoms with Gasteiger partial charge in [-0.05, 0) is 19.4 Å². The minimum atomic E-state index is -0.676. The maximum absolute atomic E-state index is 13.8. The quantitative estimate of drug-likeness (QED) is 0.364. The summed E-state index contributed by atoms with van der Waals surface area (Å²) < 4.78 is 5.25. The van der Waals surface area contributed by atoms with Crippen molar-refractivity contribution in [2.45, 2.75) is 26.3 Å². The van der Waals surface area contributed by atoms with Crippen LogP contribution in [-0.2, 0) is 16.0 Å². The third kappa shape index (κ3) is 5.91. The first-order chi connectivity index (χ1) is 17.9. The van der Waals surface area contributed by atoms with Crippen LogP contribution in [0.4, 0.5) is 0 Å². The molecule has 1 saturated heterocycles. The highest BCUT2D eigenvalue weighted by molar-refractivity contribution is 6.05. The van der Waals surface area contributed by atoms with Gasteiger partial charge in [0.2, 0.25) is 5.91 Å². The predicted molar refractivity (Wildman–Crippen MR) is 140 cm³/mol. The largest absolute Gasteiger partial charge is 0.458 e. The van der Waals surface area contributed by atoms with Gasteiger partial charge in [-0.3, -0.25) is 9.59 Å². The lowest BCUT2D eigenvalue weighted by atomic mass is 10.1. The third-order valence-corrected chi connectivity index (χ3v) is 6.29. The number of carbonyl (C=O) groups is 3. The van der Waals surface area contributed by atoms with Gasteiger partial charge in [0.15, 0.2) is 5.82 Å². The minimum Gasteiger partial charge on any atom is -0.458 e. The molecule has 1 aliphatic rings. The van der Waals surface area contributed by atoms with Crippen molar-refractivity contribution < 1.29 is 19.1 Å². The topological polar surface area (TPSA) is 92.7 Å². The van der Waals surface area contributed by atoms with Crippen LogP contribution in [0.15, 0.2) is 73.3 Å². The number of hydrogen-bond donors (Lipinski definition) is 0. The molecule has 1 aliphatic heterocycles. The molecule has 3 aromatic rings. The minimum absolute atomic E-state index is 0.00308. The van der Waals surface area contributed by atoms with Crippen LogP contribution in [0.1, 0.15) is 39.0 Å². The van der Waals surface area contributed by atoms with Crippen LogP contribution in [0.3, 0.4) is 0 Å². The first-order valence-electron chi connectivity index (χ1n) is 12.2. The molecule has 4 rings (SSSR count). The molecule has 190 valence electrons. The number of benzene rings is 2. The van der Waals surface area contributed by atoms with Gasteiger partial charge in [-0.2, -0.15) is 0 Å². The zero-order chi connectivity index (χ0) is 26.4. The molecule has 0 saturated carbocycles.